The largest absolute Gasteiger partial charge is 0.439 e. The quantitative estimate of drug-likeness (QED) is 0.727. The van der Waals surface area contributed by atoms with E-state index >= 15 is 0 Å². The fraction of sp³-hybridized carbons (Fsp3) is 0.118. The molecular formula is C17H15N3O. The minimum absolute atomic E-state index is 0.573. The molecule has 0 bridgehead atoms. The fourth-order valence-electron chi connectivity index (χ4n) is 1.91. The van der Waals surface area contributed by atoms with Crippen LogP contribution in [0.1, 0.15) is 11.3 Å². The first kappa shape index (κ1) is 13.2. The van der Waals surface area contributed by atoms with E-state index in [1.54, 1.807) is 6.20 Å². The van der Waals surface area contributed by atoms with Crippen LogP contribution in [0.3, 0.4) is 0 Å². The molecule has 104 valence electrons. The Morgan fingerprint density at radius 1 is 0.857 bits per heavy atom. The van der Waals surface area contributed by atoms with Gasteiger partial charge in [0, 0.05) is 17.5 Å². The molecule has 2 heterocycles. The number of hydrogen-bond acceptors (Lipinski definition) is 4. The SMILES string of the molecule is Cc1ccnc(-c2ccc(C)c(Oc3ccccc3)n2)n1. The lowest BCUT2D eigenvalue weighted by molar-refractivity contribution is 0.459. The number of benzene rings is 1. The zero-order valence-electron chi connectivity index (χ0n) is 11.9. The van der Waals surface area contributed by atoms with E-state index in [1.165, 1.54) is 0 Å². The van der Waals surface area contributed by atoms with Crippen LogP contribution in [0.15, 0.2) is 54.7 Å². The molecule has 2 aromatic heterocycles. The zero-order chi connectivity index (χ0) is 14.7. The molecule has 0 aliphatic heterocycles. The highest BCUT2D eigenvalue weighted by Gasteiger charge is 2.08. The Labute approximate surface area is 123 Å². The van der Waals surface area contributed by atoms with Crippen molar-refractivity contribution < 1.29 is 4.74 Å². The average molecular weight is 277 g/mol. The number of pyridine rings is 1. The number of para-hydroxylation sites is 1. The van der Waals surface area contributed by atoms with Gasteiger partial charge in [-0.15, -0.1) is 0 Å². The van der Waals surface area contributed by atoms with Crippen LogP contribution < -0.4 is 4.74 Å². The van der Waals surface area contributed by atoms with E-state index in [1.807, 2.05) is 62.4 Å². The van der Waals surface area contributed by atoms with Crippen LogP contribution in [-0.2, 0) is 0 Å². The second-order valence-corrected chi connectivity index (χ2v) is 4.76. The Morgan fingerprint density at radius 3 is 2.43 bits per heavy atom. The number of rotatable bonds is 3. The van der Waals surface area contributed by atoms with Crippen molar-refractivity contribution in [3.8, 4) is 23.1 Å². The molecule has 0 aliphatic carbocycles. The average Bonchev–Trinajstić information content (AvgIpc) is 2.50. The molecule has 0 saturated heterocycles. The summed E-state index contributed by atoms with van der Waals surface area (Å²) in [5, 5.41) is 0. The Hall–Kier alpha value is -2.75. The molecule has 4 heteroatoms. The van der Waals surface area contributed by atoms with Crippen LogP contribution in [0.5, 0.6) is 11.6 Å². The van der Waals surface area contributed by atoms with Gasteiger partial charge >= 0.3 is 0 Å². The van der Waals surface area contributed by atoms with Gasteiger partial charge in [0.2, 0.25) is 5.88 Å². The molecule has 0 N–H and O–H groups in total. The number of hydrogen-bond donors (Lipinski definition) is 0. The summed E-state index contributed by atoms with van der Waals surface area (Å²) in [4.78, 5) is 13.2. The molecule has 0 radical (unpaired) electrons. The molecular weight excluding hydrogens is 262 g/mol. The van der Waals surface area contributed by atoms with Gasteiger partial charge in [0.15, 0.2) is 5.82 Å². The first-order chi connectivity index (χ1) is 10.2. The van der Waals surface area contributed by atoms with Crippen LogP contribution in [-0.4, -0.2) is 15.0 Å². The molecule has 0 atom stereocenters. The van der Waals surface area contributed by atoms with Crippen LogP contribution >= 0.6 is 0 Å². The summed E-state index contributed by atoms with van der Waals surface area (Å²) in [5.74, 6) is 1.94. The second kappa shape index (κ2) is 5.71. The van der Waals surface area contributed by atoms with Crippen LogP contribution in [0.4, 0.5) is 0 Å². The van der Waals surface area contributed by atoms with Gasteiger partial charge in [-0.3, -0.25) is 0 Å². The maximum absolute atomic E-state index is 5.83. The maximum atomic E-state index is 5.83. The van der Waals surface area contributed by atoms with E-state index in [2.05, 4.69) is 15.0 Å². The Balaban J connectivity index is 1.97. The third-order valence-corrected chi connectivity index (χ3v) is 3.03. The lowest BCUT2D eigenvalue weighted by Gasteiger charge is -2.09. The van der Waals surface area contributed by atoms with Gasteiger partial charge in [-0.25, -0.2) is 15.0 Å². The van der Waals surface area contributed by atoms with Gasteiger partial charge in [0.1, 0.15) is 11.4 Å². The van der Waals surface area contributed by atoms with E-state index in [4.69, 9.17) is 4.74 Å². The summed E-state index contributed by atoms with van der Waals surface area (Å²) in [6, 6.07) is 15.3. The number of aromatic nitrogens is 3. The normalized spacial score (nSPS) is 10.4. The van der Waals surface area contributed by atoms with E-state index in [-0.39, 0.29) is 0 Å². The lowest BCUT2D eigenvalue weighted by atomic mass is 10.2. The van der Waals surface area contributed by atoms with Gasteiger partial charge in [0.05, 0.1) is 0 Å². The second-order valence-electron chi connectivity index (χ2n) is 4.76. The predicted octanol–water partition coefficient (Wildman–Crippen LogP) is 3.95. The topological polar surface area (TPSA) is 47.9 Å². The molecule has 0 fully saturated rings. The van der Waals surface area contributed by atoms with Crippen molar-refractivity contribution >= 4 is 0 Å². The molecule has 21 heavy (non-hydrogen) atoms. The lowest BCUT2D eigenvalue weighted by Crippen LogP contribution is -1.97. The number of aryl methyl sites for hydroxylation is 2. The third-order valence-electron chi connectivity index (χ3n) is 3.03. The molecule has 1 aromatic carbocycles. The highest BCUT2D eigenvalue weighted by Crippen LogP contribution is 2.25. The molecule has 0 spiro atoms. The third kappa shape index (κ3) is 3.05. The van der Waals surface area contributed by atoms with Crippen LogP contribution in [0, 0.1) is 13.8 Å². The summed E-state index contributed by atoms with van der Waals surface area (Å²) in [6.07, 6.45) is 1.73. The zero-order valence-corrected chi connectivity index (χ0v) is 11.9. The highest BCUT2D eigenvalue weighted by atomic mass is 16.5. The molecule has 0 saturated carbocycles. The first-order valence-electron chi connectivity index (χ1n) is 6.73. The molecule has 3 aromatic rings. The van der Waals surface area contributed by atoms with Crippen molar-refractivity contribution in [2.75, 3.05) is 0 Å². The van der Waals surface area contributed by atoms with Gasteiger partial charge in [-0.05, 0) is 38.1 Å². The molecule has 0 unspecified atom stereocenters. The van der Waals surface area contributed by atoms with Crippen molar-refractivity contribution in [1.82, 2.24) is 15.0 Å². The van der Waals surface area contributed by atoms with Crippen LogP contribution in [0.2, 0.25) is 0 Å². The minimum atomic E-state index is 0.573. The molecule has 0 aliphatic rings. The van der Waals surface area contributed by atoms with E-state index in [0.29, 0.717) is 17.4 Å². The van der Waals surface area contributed by atoms with Gasteiger partial charge in [-0.2, -0.15) is 0 Å². The smallest absolute Gasteiger partial charge is 0.222 e. The molecule has 0 amide bonds. The van der Waals surface area contributed by atoms with Crippen molar-refractivity contribution in [2.24, 2.45) is 0 Å². The Morgan fingerprint density at radius 2 is 1.67 bits per heavy atom. The summed E-state index contributed by atoms with van der Waals surface area (Å²) in [6.45, 7) is 3.90. The number of nitrogens with zero attached hydrogens (tertiary/aromatic N) is 3. The highest BCUT2D eigenvalue weighted by molar-refractivity contribution is 5.51. The van der Waals surface area contributed by atoms with Gasteiger partial charge < -0.3 is 4.74 Å². The summed E-state index contributed by atoms with van der Waals surface area (Å²) >= 11 is 0. The standard InChI is InChI=1S/C17H15N3O/c1-12-8-9-15(16-18-11-10-13(2)19-16)20-17(12)21-14-6-4-3-5-7-14/h3-11H,1-2H3. The fourth-order valence-corrected chi connectivity index (χ4v) is 1.91. The Bertz CT molecular complexity index is 757. The van der Waals surface area contributed by atoms with Crippen molar-refractivity contribution in [2.45, 2.75) is 13.8 Å². The summed E-state index contributed by atoms with van der Waals surface area (Å²) in [7, 11) is 0. The predicted molar refractivity (Wildman–Crippen MR) is 81.3 cm³/mol. The number of ether oxygens (including phenoxy) is 1. The molecule has 4 nitrogen and oxygen atoms in total. The van der Waals surface area contributed by atoms with Crippen LogP contribution in [0.25, 0.3) is 11.5 Å². The van der Waals surface area contributed by atoms with Gasteiger partial charge in [0.25, 0.3) is 0 Å². The Kier molecular flexibility index (Phi) is 3.60. The first-order valence-corrected chi connectivity index (χ1v) is 6.73. The van der Waals surface area contributed by atoms with E-state index in [9.17, 15) is 0 Å². The summed E-state index contributed by atoms with van der Waals surface area (Å²) in [5.41, 5.74) is 2.58. The van der Waals surface area contributed by atoms with Crippen molar-refractivity contribution in [1.29, 1.82) is 0 Å². The summed E-state index contributed by atoms with van der Waals surface area (Å²) < 4.78 is 5.83. The van der Waals surface area contributed by atoms with E-state index < -0.39 is 0 Å². The van der Waals surface area contributed by atoms with E-state index in [0.717, 1.165) is 17.0 Å². The van der Waals surface area contributed by atoms with Gasteiger partial charge in [-0.1, -0.05) is 24.3 Å². The monoisotopic (exact) mass is 277 g/mol. The van der Waals surface area contributed by atoms with Crippen molar-refractivity contribution in [3.63, 3.8) is 0 Å². The minimum Gasteiger partial charge on any atom is -0.439 e. The van der Waals surface area contributed by atoms with Crippen molar-refractivity contribution in [3.05, 3.63) is 66.0 Å². The molecule has 3 rings (SSSR count). The maximum Gasteiger partial charge on any atom is 0.222 e.